The third kappa shape index (κ3) is 5.08. The van der Waals surface area contributed by atoms with Gasteiger partial charge in [-0.05, 0) is 59.7 Å². The van der Waals surface area contributed by atoms with Crippen LogP contribution in [-0.2, 0) is 4.79 Å². The van der Waals surface area contributed by atoms with E-state index in [0.29, 0.717) is 11.5 Å². The molecule has 0 spiro atoms. The summed E-state index contributed by atoms with van der Waals surface area (Å²) in [6.45, 7) is 1.67. The lowest BCUT2D eigenvalue weighted by atomic mass is 10.1. The Hall–Kier alpha value is -3.85. The number of nitrogens with one attached hydrogen (secondary N) is 1. The quantitative estimate of drug-likeness (QED) is 0.506. The van der Waals surface area contributed by atoms with Gasteiger partial charge in [0.05, 0.1) is 6.21 Å². The maximum absolute atomic E-state index is 12.2. The molecule has 0 aliphatic rings. The van der Waals surface area contributed by atoms with Crippen molar-refractivity contribution in [1.29, 1.82) is 5.26 Å². The summed E-state index contributed by atoms with van der Waals surface area (Å²) in [5.41, 5.74) is 3.25. The lowest BCUT2D eigenvalue weighted by molar-refractivity contribution is -0.127. The van der Waals surface area contributed by atoms with Crippen molar-refractivity contribution in [2.75, 3.05) is 6.61 Å². The highest BCUT2D eigenvalue weighted by atomic mass is 16.5. The molecular weight excluding hydrogens is 354 g/mol. The van der Waals surface area contributed by atoms with Crippen LogP contribution >= 0.6 is 0 Å². The van der Waals surface area contributed by atoms with Crippen molar-refractivity contribution in [2.45, 2.75) is 13.0 Å². The average molecular weight is 373 g/mol. The van der Waals surface area contributed by atoms with Gasteiger partial charge in [0.2, 0.25) is 0 Å². The highest BCUT2D eigenvalue weighted by molar-refractivity contribution is 5.85. The van der Waals surface area contributed by atoms with Gasteiger partial charge in [0.15, 0.2) is 12.7 Å². The first-order valence-electron chi connectivity index (χ1n) is 8.74. The zero-order valence-corrected chi connectivity index (χ0v) is 15.3. The van der Waals surface area contributed by atoms with Gasteiger partial charge >= 0.3 is 0 Å². The number of amides is 1. The first-order chi connectivity index (χ1) is 13.7. The largest absolute Gasteiger partial charge is 0.481 e. The number of carbonyl (C=O) groups excluding carboxylic acids is 1. The van der Waals surface area contributed by atoms with E-state index in [9.17, 15) is 4.79 Å². The van der Waals surface area contributed by atoms with Crippen LogP contribution in [0.15, 0.2) is 71.8 Å². The molecule has 3 aromatic carbocycles. The second kappa shape index (κ2) is 9.19. The van der Waals surface area contributed by atoms with Gasteiger partial charge in [-0.1, -0.05) is 30.3 Å². The minimum absolute atomic E-state index is 0.00140. The van der Waals surface area contributed by atoms with Crippen LogP contribution in [0.3, 0.4) is 0 Å². The van der Waals surface area contributed by atoms with Gasteiger partial charge in [-0.15, -0.1) is 0 Å². The summed E-state index contributed by atoms with van der Waals surface area (Å²) in [7, 11) is 0. The van der Waals surface area contributed by atoms with Crippen molar-refractivity contribution in [3.8, 4) is 17.6 Å². The van der Waals surface area contributed by atoms with E-state index in [0.717, 1.165) is 16.3 Å². The van der Waals surface area contributed by atoms with Crippen molar-refractivity contribution in [1.82, 2.24) is 5.43 Å². The molecule has 0 radical (unpaired) electrons. The summed E-state index contributed by atoms with van der Waals surface area (Å²) in [4.78, 5) is 12.2. The van der Waals surface area contributed by atoms with Gasteiger partial charge in [-0.3, -0.25) is 4.79 Å². The minimum Gasteiger partial charge on any atom is -0.481 e. The Bertz CT molecular complexity index is 1020. The molecular formula is C22H19N3O3. The third-order valence-corrected chi connectivity index (χ3v) is 3.97. The molecule has 1 N–H and O–H groups in total. The molecule has 1 atom stereocenters. The summed E-state index contributed by atoms with van der Waals surface area (Å²) in [6, 6.07) is 22.6. The second-order valence-corrected chi connectivity index (χ2v) is 6.02. The fraction of sp³-hybridized carbons (Fsp3) is 0.136. The van der Waals surface area contributed by atoms with E-state index >= 15 is 0 Å². The molecule has 28 heavy (non-hydrogen) atoms. The highest BCUT2D eigenvalue weighted by Crippen LogP contribution is 2.21. The van der Waals surface area contributed by atoms with E-state index in [2.05, 4.69) is 10.5 Å². The standard InChI is InChI=1S/C22H19N3O3/c1-16(28-21-11-8-18-4-2-3-5-19(18)14-21)22(26)25-24-15-17-6-9-20(10-7-17)27-13-12-23/h2-11,14-16H,13H2,1H3,(H,25,26)/b24-15-/t16-/m1/s1. The van der Waals surface area contributed by atoms with Gasteiger partial charge in [0, 0.05) is 0 Å². The number of hydrogen-bond donors (Lipinski definition) is 1. The van der Waals surface area contributed by atoms with Gasteiger partial charge in [-0.2, -0.15) is 10.4 Å². The van der Waals surface area contributed by atoms with Crippen LogP contribution in [0.2, 0.25) is 0 Å². The zero-order valence-electron chi connectivity index (χ0n) is 15.3. The van der Waals surface area contributed by atoms with Gasteiger partial charge in [0.1, 0.15) is 17.6 Å². The number of nitriles is 1. The average Bonchev–Trinajstić information content (AvgIpc) is 2.73. The molecule has 0 heterocycles. The molecule has 0 saturated heterocycles. The Morgan fingerprint density at radius 2 is 1.82 bits per heavy atom. The fourth-order valence-corrected chi connectivity index (χ4v) is 2.53. The monoisotopic (exact) mass is 373 g/mol. The first kappa shape index (κ1) is 18.9. The van der Waals surface area contributed by atoms with E-state index < -0.39 is 6.10 Å². The summed E-state index contributed by atoms with van der Waals surface area (Å²) >= 11 is 0. The van der Waals surface area contributed by atoms with Crippen molar-refractivity contribution >= 4 is 22.9 Å². The second-order valence-electron chi connectivity index (χ2n) is 6.02. The van der Waals surface area contributed by atoms with Crippen molar-refractivity contribution < 1.29 is 14.3 Å². The van der Waals surface area contributed by atoms with Crippen LogP contribution < -0.4 is 14.9 Å². The van der Waals surface area contributed by atoms with Gasteiger partial charge < -0.3 is 9.47 Å². The number of carbonyl (C=O) groups is 1. The Morgan fingerprint density at radius 1 is 1.11 bits per heavy atom. The molecule has 0 aliphatic carbocycles. The molecule has 3 aromatic rings. The molecule has 6 nitrogen and oxygen atoms in total. The maximum atomic E-state index is 12.2. The maximum Gasteiger partial charge on any atom is 0.280 e. The predicted molar refractivity (Wildman–Crippen MR) is 107 cm³/mol. The van der Waals surface area contributed by atoms with E-state index in [4.69, 9.17) is 14.7 Å². The SMILES string of the molecule is C[C@@H](Oc1ccc2ccccc2c1)C(=O)N/N=C\c1ccc(OCC#N)cc1. The summed E-state index contributed by atoms with van der Waals surface area (Å²) in [5.74, 6) is 0.872. The van der Waals surface area contributed by atoms with Crippen LogP contribution in [0.1, 0.15) is 12.5 Å². The van der Waals surface area contributed by atoms with Crippen LogP contribution in [0.5, 0.6) is 11.5 Å². The van der Waals surface area contributed by atoms with E-state index in [1.54, 1.807) is 31.2 Å². The van der Waals surface area contributed by atoms with Crippen LogP contribution in [-0.4, -0.2) is 24.8 Å². The Morgan fingerprint density at radius 3 is 2.57 bits per heavy atom. The lowest BCUT2D eigenvalue weighted by Gasteiger charge is -2.13. The molecule has 0 fully saturated rings. The van der Waals surface area contributed by atoms with E-state index in [1.165, 1.54) is 6.21 Å². The van der Waals surface area contributed by atoms with E-state index in [-0.39, 0.29) is 12.5 Å². The van der Waals surface area contributed by atoms with Gasteiger partial charge in [0.25, 0.3) is 5.91 Å². The normalized spacial score (nSPS) is 11.7. The number of fused-ring (bicyclic) bond motifs is 1. The first-order valence-corrected chi connectivity index (χ1v) is 8.74. The molecule has 6 heteroatoms. The minimum atomic E-state index is -0.694. The number of nitrogens with zero attached hydrogens (tertiary/aromatic N) is 2. The molecule has 0 aromatic heterocycles. The number of benzene rings is 3. The van der Waals surface area contributed by atoms with Crippen LogP contribution in [0, 0.1) is 11.3 Å². The van der Waals surface area contributed by atoms with Gasteiger partial charge in [-0.25, -0.2) is 5.43 Å². The number of ether oxygens (including phenoxy) is 2. The molecule has 0 bridgehead atoms. The molecule has 0 saturated carbocycles. The summed E-state index contributed by atoms with van der Waals surface area (Å²) < 4.78 is 10.9. The van der Waals surface area contributed by atoms with Crippen molar-refractivity contribution in [2.24, 2.45) is 5.10 Å². The fourth-order valence-electron chi connectivity index (χ4n) is 2.53. The molecule has 140 valence electrons. The number of hydrazone groups is 1. The van der Waals surface area contributed by atoms with Crippen LogP contribution in [0.4, 0.5) is 0 Å². The van der Waals surface area contributed by atoms with Crippen LogP contribution in [0.25, 0.3) is 10.8 Å². The molecule has 0 aliphatic heterocycles. The zero-order chi connectivity index (χ0) is 19.8. The Kier molecular flexibility index (Phi) is 6.21. The lowest BCUT2D eigenvalue weighted by Crippen LogP contribution is -2.33. The predicted octanol–water partition coefficient (Wildman–Crippen LogP) is 3.66. The van der Waals surface area contributed by atoms with Crippen molar-refractivity contribution in [3.05, 3.63) is 72.3 Å². The van der Waals surface area contributed by atoms with E-state index in [1.807, 2.05) is 48.5 Å². The van der Waals surface area contributed by atoms with Crippen molar-refractivity contribution in [3.63, 3.8) is 0 Å². The third-order valence-electron chi connectivity index (χ3n) is 3.97. The smallest absolute Gasteiger partial charge is 0.280 e. The summed E-state index contributed by atoms with van der Waals surface area (Å²) in [5, 5.41) is 14.6. The Labute approximate surface area is 163 Å². The number of hydrogen-bond acceptors (Lipinski definition) is 5. The summed E-state index contributed by atoms with van der Waals surface area (Å²) in [6.07, 6.45) is 0.828. The molecule has 3 rings (SSSR count). The topological polar surface area (TPSA) is 83.7 Å². The molecule has 0 unspecified atom stereocenters. The number of rotatable bonds is 7. The Balaban J connectivity index is 1.53. The highest BCUT2D eigenvalue weighted by Gasteiger charge is 2.14. The molecule has 1 amide bonds.